The van der Waals surface area contributed by atoms with E-state index in [2.05, 4.69) is 24.0 Å². The Morgan fingerprint density at radius 2 is 1.88 bits per heavy atom. The highest BCUT2D eigenvalue weighted by molar-refractivity contribution is 6.28. The maximum atomic E-state index is 6.03. The number of rotatable bonds is 3. The maximum Gasteiger partial charge on any atom is 0.225 e. The Hall–Kier alpha value is -1.35. The summed E-state index contributed by atoms with van der Waals surface area (Å²) in [6.07, 6.45) is 0. The summed E-state index contributed by atoms with van der Waals surface area (Å²) in [6, 6.07) is 9.97. The van der Waals surface area contributed by atoms with Gasteiger partial charge in [-0.05, 0) is 17.5 Å². The molecule has 0 spiro atoms. The van der Waals surface area contributed by atoms with Gasteiger partial charge in [0.15, 0.2) is 5.82 Å². The molecule has 0 atom stereocenters. The quantitative estimate of drug-likeness (QED) is 0.818. The molecule has 0 radical (unpaired) electrons. The largest absolute Gasteiger partial charge is 0.298 e. The summed E-state index contributed by atoms with van der Waals surface area (Å²) in [5, 5.41) is 8.50. The molecule has 0 saturated heterocycles. The first-order valence-corrected chi connectivity index (χ1v) is 5.70. The smallest absolute Gasteiger partial charge is 0.225 e. The Morgan fingerprint density at radius 1 is 1.19 bits per heavy atom. The lowest BCUT2D eigenvalue weighted by Gasteiger charge is -2.09. The Bertz CT molecular complexity index is 462. The van der Waals surface area contributed by atoms with E-state index in [9.17, 15) is 0 Å². The number of benzene rings is 1. The third-order valence-corrected chi connectivity index (χ3v) is 2.56. The van der Waals surface area contributed by atoms with Crippen molar-refractivity contribution in [1.82, 2.24) is 14.8 Å². The third-order valence-electron chi connectivity index (χ3n) is 2.29. The first-order chi connectivity index (χ1) is 7.68. The molecule has 4 heteroatoms. The van der Waals surface area contributed by atoms with Gasteiger partial charge in [-0.15, -0.1) is 10.2 Å². The van der Waals surface area contributed by atoms with Crippen LogP contribution in [0.25, 0.3) is 11.4 Å². The second-order valence-electron chi connectivity index (χ2n) is 4.16. The van der Waals surface area contributed by atoms with Crippen LogP contribution in [0.1, 0.15) is 13.8 Å². The van der Waals surface area contributed by atoms with E-state index in [1.165, 1.54) is 0 Å². The van der Waals surface area contributed by atoms with Gasteiger partial charge in [0.25, 0.3) is 0 Å². The number of aromatic nitrogens is 3. The van der Waals surface area contributed by atoms with Crippen LogP contribution in [0.2, 0.25) is 5.28 Å². The van der Waals surface area contributed by atoms with Crippen LogP contribution in [-0.2, 0) is 6.54 Å². The van der Waals surface area contributed by atoms with Crippen LogP contribution in [0.4, 0.5) is 0 Å². The van der Waals surface area contributed by atoms with Crippen molar-refractivity contribution in [2.75, 3.05) is 0 Å². The minimum Gasteiger partial charge on any atom is -0.298 e. The first kappa shape index (κ1) is 11.1. The average Bonchev–Trinajstić information content (AvgIpc) is 2.61. The lowest BCUT2D eigenvalue weighted by atomic mass is 10.2. The molecule has 2 rings (SSSR count). The second kappa shape index (κ2) is 4.66. The van der Waals surface area contributed by atoms with E-state index in [4.69, 9.17) is 11.6 Å². The Balaban J connectivity index is 2.42. The molecule has 0 unspecified atom stereocenters. The molecule has 2 aromatic rings. The van der Waals surface area contributed by atoms with Crippen LogP contribution in [0.15, 0.2) is 30.3 Å². The molecule has 0 amide bonds. The van der Waals surface area contributed by atoms with E-state index in [0.29, 0.717) is 11.2 Å². The standard InChI is InChI=1S/C12H14ClN3/c1-9(2)8-16-11(14-15-12(16)13)10-6-4-3-5-7-10/h3-7,9H,8H2,1-2H3. The zero-order valence-electron chi connectivity index (χ0n) is 9.39. The van der Waals surface area contributed by atoms with E-state index in [-0.39, 0.29) is 0 Å². The molecule has 1 heterocycles. The van der Waals surface area contributed by atoms with E-state index in [1.807, 2.05) is 34.9 Å². The molecular formula is C12H14ClN3. The molecular weight excluding hydrogens is 222 g/mol. The predicted molar refractivity (Wildman–Crippen MR) is 65.3 cm³/mol. The number of halogens is 1. The topological polar surface area (TPSA) is 30.7 Å². The molecule has 16 heavy (non-hydrogen) atoms. The highest BCUT2D eigenvalue weighted by atomic mass is 35.5. The fourth-order valence-electron chi connectivity index (χ4n) is 1.61. The van der Waals surface area contributed by atoms with E-state index in [1.54, 1.807) is 0 Å². The van der Waals surface area contributed by atoms with Crippen molar-refractivity contribution in [2.24, 2.45) is 5.92 Å². The minimum absolute atomic E-state index is 0.451. The van der Waals surface area contributed by atoms with Gasteiger partial charge in [0, 0.05) is 12.1 Å². The summed E-state index contributed by atoms with van der Waals surface area (Å²) >= 11 is 6.03. The Labute approximate surface area is 100 Å². The van der Waals surface area contributed by atoms with Crippen molar-refractivity contribution >= 4 is 11.6 Å². The second-order valence-corrected chi connectivity index (χ2v) is 4.50. The lowest BCUT2D eigenvalue weighted by Crippen LogP contribution is -2.06. The predicted octanol–water partition coefficient (Wildman–Crippen LogP) is 3.25. The lowest BCUT2D eigenvalue weighted by molar-refractivity contribution is 0.526. The molecule has 3 nitrogen and oxygen atoms in total. The molecule has 1 aromatic carbocycles. The molecule has 0 N–H and O–H groups in total. The highest BCUT2D eigenvalue weighted by Crippen LogP contribution is 2.21. The average molecular weight is 236 g/mol. The zero-order chi connectivity index (χ0) is 11.5. The van der Waals surface area contributed by atoms with Crippen molar-refractivity contribution in [3.8, 4) is 11.4 Å². The van der Waals surface area contributed by atoms with Crippen LogP contribution < -0.4 is 0 Å². The first-order valence-electron chi connectivity index (χ1n) is 5.32. The van der Waals surface area contributed by atoms with Gasteiger partial charge in [0.05, 0.1) is 0 Å². The van der Waals surface area contributed by atoms with Crippen molar-refractivity contribution in [2.45, 2.75) is 20.4 Å². The van der Waals surface area contributed by atoms with Gasteiger partial charge < -0.3 is 0 Å². The van der Waals surface area contributed by atoms with E-state index in [0.717, 1.165) is 17.9 Å². The molecule has 0 aliphatic carbocycles. The molecule has 0 bridgehead atoms. The highest BCUT2D eigenvalue weighted by Gasteiger charge is 2.12. The summed E-state index contributed by atoms with van der Waals surface area (Å²) in [5.41, 5.74) is 1.04. The summed E-state index contributed by atoms with van der Waals surface area (Å²) in [7, 11) is 0. The Morgan fingerprint density at radius 3 is 2.50 bits per heavy atom. The monoisotopic (exact) mass is 235 g/mol. The van der Waals surface area contributed by atoms with Gasteiger partial charge in [0.1, 0.15) is 0 Å². The summed E-state index contributed by atoms with van der Waals surface area (Å²) in [5.74, 6) is 1.34. The van der Waals surface area contributed by atoms with Gasteiger partial charge in [-0.1, -0.05) is 44.2 Å². The van der Waals surface area contributed by atoms with Gasteiger partial charge in [0.2, 0.25) is 5.28 Å². The minimum atomic E-state index is 0.451. The van der Waals surface area contributed by atoms with Crippen molar-refractivity contribution in [3.05, 3.63) is 35.6 Å². The summed E-state index contributed by atoms with van der Waals surface area (Å²) in [4.78, 5) is 0. The maximum absolute atomic E-state index is 6.03. The van der Waals surface area contributed by atoms with Gasteiger partial charge in [-0.2, -0.15) is 0 Å². The number of hydrogen-bond acceptors (Lipinski definition) is 2. The van der Waals surface area contributed by atoms with Gasteiger partial charge in [-0.25, -0.2) is 0 Å². The molecule has 84 valence electrons. The van der Waals surface area contributed by atoms with Crippen molar-refractivity contribution < 1.29 is 0 Å². The molecule has 1 aromatic heterocycles. The van der Waals surface area contributed by atoms with E-state index >= 15 is 0 Å². The van der Waals surface area contributed by atoms with E-state index < -0.39 is 0 Å². The summed E-state index contributed by atoms with van der Waals surface area (Å²) in [6.45, 7) is 5.12. The number of nitrogens with zero attached hydrogens (tertiary/aromatic N) is 3. The van der Waals surface area contributed by atoms with Crippen LogP contribution >= 0.6 is 11.6 Å². The summed E-state index contributed by atoms with van der Waals surface area (Å²) < 4.78 is 1.95. The normalized spacial score (nSPS) is 11.0. The molecule has 0 fully saturated rings. The molecule has 0 aliphatic rings. The van der Waals surface area contributed by atoms with Crippen LogP contribution in [0, 0.1) is 5.92 Å². The van der Waals surface area contributed by atoms with Crippen LogP contribution in [-0.4, -0.2) is 14.8 Å². The van der Waals surface area contributed by atoms with Gasteiger partial charge >= 0.3 is 0 Å². The SMILES string of the molecule is CC(C)Cn1c(Cl)nnc1-c1ccccc1. The fraction of sp³-hybridized carbons (Fsp3) is 0.333. The number of hydrogen-bond donors (Lipinski definition) is 0. The van der Waals surface area contributed by atoms with Crippen LogP contribution in [0.3, 0.4) is 0 Å². The van der Waals surface area contributed by atoms with Crippen LogP contribution in [0.5, 0.6) is 0 Å². The molecule has 0 saturated carbocycles. The van der Waals surface area contributed by atoms with Crippen molar-refractivity contribution in [1.29, 1.82) is 0 Å². The third kappa shape index (κ3) is 2.25. The van der Waals surface area contributed by atoms with Gasteiger partial charge in [-0.3, -0.25) is 4.57 Å². The van der Waals surface area contributed by atoms with Crippen molar-refractivity contribution in [3.63, 3.8) is 0 Å². The Kier molecular flexibility index (Phi) is 3.25. The fourth-order valence-corrected chi connectivity index (χ4v) is 1.80. The molecule has 0 aliphatic heterocycles. The zero-order valence-corrected chi connectivity index (χ0v) is 10.1.